The standard InChI is InChI=1S/C30H35N5O6/c1-16(2)41-24-13-12-21(25(35-24)28(38)33-19-9-6-17(7-10-19)26(31)32)20-11-8-18(14-22(20)29(39)40)27(37)34-23(15-36)30(3,4)5/h6-14,16,23,36H,15H2,1-5H3,(H3,31,32)(H,33,38)(H,34,37)(H,39,40). The van der Waals surface area contributed by atoms with Gasteiger partial charge in [-0.1, -0.05) is 26.8 Å². The van der Waals surface area contributed by atoms with Gasteiger partial charge in [0.25, 0.3) is 11.8 Å². The molecular weight excluding hydrogens is 526 g/mol. The lowest BCUT2D eigenvalue weighted by molar-refractivity contribution is 0.0697. The van der Waals surface area contributed by atoms with Crippen LogP contribution in [0.3, 0.4) is 0 Å². The van der Waals surface area contributed by atoms with Crippen molar-refractivity contribution in [2.24, 2.45) is 11.1 Å². The van der Waals surface area contributed by atoms with Crippen LogP contribution >= 0.6 is 0 Å². The Balaban J connectivity index is 2.06. The van der Waals surface area contributed by atoms with Gasteiger partial charge in [0, 0.05) is 28.4 Å². The fourth-order valence-corrected chi connectivity index (χ4v) is 3.94. The average molecular weight is 562 g/mol. The number of aromatic carboxylic acids is 1. The second kappa shape index (κ2) is 12.6. The van der Waals surface area contributed by atoms with Gasteiger partial charge in [-0.05, 0) is 67.3 Å². The quantitative estimate of drug-likeness (QED) is 0.159. The number of carboxylic acids is 1. The van der Waals surface area contributed by atoms with E-state index in [-0.39, 0.29) is 52.4 Å². The molecule has 0 saturated carbocycles. The van der Waals surface area contributed by atoms with Gasteiger partial charge in [0.15, 0.2) is 0 Å². The molecule has 216 valence electrons. The first-order valence-corrected chi connectivity index (χ1v) is 12.9. The summed E-state index contributed by atoms with van der Waals surface area (Å²) in [5, 5.41) is 32.8. The summed E-state index contributed by atoms with van der Waals surface area (Å²) in [7, 11) is 0. The van der Waals surface area contributed by atoms with Crippen LogP contribution in [0.4, 0.5) is 5.69 Å². The number of nitrogen functional groups attached to an aromatic ring is 1. The molecule has 41 heavy (non-hydrogen) atoms. The maximum Gasteiger partial charge on any atom is 0.336 e. The molecule has 3 rings (SSSR count). The second-order valence-corrected chi connectivity index (χ2v) is 10.8. The van der Waals surface area contributed by atoms with E-state index in [4.69, 9.17) is 15.9 Å². The number of carbonyl (C=O) groups excluding carboxylic acids is 2. The minimum absolute atomic E-state index is 0.0816. The van der Waals surface area contributed by atoms with E-state index >= 15 is 0 Å². The number of aliphatic hydroxyl groups excluding tert-OH is 1. The Hall–Kier alpha value is -4.77. The lowest BCUT2D eigenvalue weighted by Crippen LogP contribution is -2.46. The zero-order valence-corrected chi connectivity index (χ0v) is 23.6. The SMILES string of the molecule is CC(C)Oc1ccc(-c2ccc(C(=O)NC(CO)C(C)(C)C)cc2C(=O)O)c(C(=O)Nc2ccc(C(=N)N)cc2)n1. The van der Waals surface area contributed by atoms with E-state index in [1.807, 2.05) is 20.8 Å². The molecule has 1 aromatic heterocycles. The first kappa shape index (κ1) is 30.8. The van der Waals surface area contributed by atoms with Crippen LogP contribution in [0.2, 0.25) is 0 Å². The van der Waals surface area contributed by atoms with Crippen LogP contribution in [-0.2, 0) is 0 Å². The number of hydrogen-bond donors (Lipinski definition) is 6. The highest BCUT2D eigenvalue weighted by atomic mass is 16.5. The number of amidine groups is 1. The van der Waals surface area contributed by atoms with Crippen LogP contribution in [0.25, 0.3) is 11.1 Å². The summed E-state index contributed by atoms with van der Waals surface area (Å²) in [5.41, 5.74) is 6.12. The molecule has 0 bridgehead atoms. The first-order valence-electron chi connectivity index (χ1n) is 12.9. The van der Waals surface area contributed by atoms with E-state index < -0.39 is 29.2 Å². The Bertz CT molecular complexity index is 1460. The van der Waals surface area contributed by atoms with Crippen molar-refractivity contribution < 1.29 is 29.3 Å². The Morgan fingerprint density at radius 2 is 1.59 bits per heavy atom. The largest absolute Gasteiger partial charge is 0.478 e. The predicted octanol–water partition coefficient (Wildman–Crippen LogP) is 3.91. The third kappa shape index (κ3) is 7.67. The molecule has 0 aliphatic carbocycles. The zero-order valence-electron chi connectivity index (χ0n) is 23.6. The number of pyridine rings is 1. The second-order valence-electron chi connectivity index (χ2n) is 10.8. The molecule has 3 aromatic rings. The first-order chi connectivity index (χ1) is 19.2. The monoisotopic (exact) mass is 561 g/mol. The predicted molar refractivity (Wildman–Crippen MR) is 156 cm³/mol. The number of carbonyl (C=O) groups is 3. The van der Waals surface area contributed by atoms with Crippen LogP contribution in [-0.4, -0.2) is 57.6 Å². The highest BCUT2D eigenvalue weighted by Crippen LogP contribution is 2.30. The summed E-state index contributed by atoms with van der Waals surface area (Å²) in [4.78, 5) is 43.1. The topological polar surface area (TPSA) is 188 Å². The fourth-order valence-electron chi connectivity index (χ4n) is 3.94. The van der Waals surface area contributed by atoms with Crippen molar-refractivity contribution in [2.75, 3.05) is 11.9 Å². The van der Waals surface area contributed by atoms with E-state index in [1.54, 1.807) is 44.2 Å². The molecule has 2 aromatic carbocycles. The summed E-state index contributed by atoms with van der Waals surface area (Å²) in [6.07, 6.45) is -0.230. The smallest absolute Gasteiger partial charge is 0.336 e. The molecule has 2 amide bonds. The number of hydrogen-bond acceptors (Lipinski definition) is 7. The number of carboxylic acid groups (broad SMARTS) is 1. The molecule has 1 atom stereocenters. The van der Waals surface area contributed by atoms with E-state index in [1.165, 1.54) is 24.3 Å². The highest BCUT2D eigenvalue weighted by Gasteiger charge is 2.27. The lowest BCUT2D eigenvalue weighted by atomic mass is 9.87. The molecule has 1 unspecified atom stereocenters. The van der Waals surface area contributed by atoms with Crippen molar-refractivity contribution >= 4 is 29.3 Å². The van der Waals surface area contributed by atoms with Crippen LogP contribution in [0, 0.1) is 10.8 Å². The molecule has 0 fully saturated rings. The van der Waals surface area contributed by atoms with Crippen LogP contribution in [0.15, 0.2) is 54.6 Å². The average Bonchev–Trinajstić information content (AvgIpc) is 2.90. The number of amides is 2. The summed E-state index contributed by atoms with van der Waals surface area (Å²) in [6.45, 7) is 8.92. The number of benzene rings is 2. The summed E-state index contributed by atoms with van der Waals surface area (Å²) >= 11 is 0. The molecule has 0 aliphatic heterocycles. The minimum Gasteiger partial charge on any atom is -0.478 e. The molecule has 11 nitrogen and oxygen atoms in total. The molecule has 1 heterocycles. The van der Waals surface area contributed by atoms with E-state index in [9.17, 15) is 24.6 Å². The van der Waals surface area contributed by atoms with Crippen molar-refractivity contribution in [2.45, 2.75) is 46.8 Å². The van der Waals surface area contributed by atoms with Crippen molar-refractivity contribution in [3.05, 3.63) is 77.0 Å². The summed E-state index contributed by atoms with van der Waals surface area (Å²) in [5.74, 6) is -2.42. The van der Waals surface area contributed by atoms with E-state index in [0.717, 1.165) is 0 Å². The fraction of sp³-hybridized carbons (Fsp3) is 0.300. The van der Waals surface area contributed by atoms with Crippen molar-refractivity contribution in [3.63, 3.8) is 0 Å². The van der Waals surface area contributed by atoms with Gasteiger partial charge < -0.3 is 31.3 Å². The van der Waals surface area contributed by atoms with Crippen molar-refractivity contribution in [1.82, 2.24) is 10.3 Å². The van der Waals surface area contributed by atoms with Crippen molar-refractivity contribution in [3.8, 4) is 17.0 Å². The normalized spacial score (nSPS) is 12.0. The lowest BCUT2D eigenvalue weighted by Gasteiger charge is -2.29. The van der Waals surface area contributed by atoms with Crippen LogP contribution < -0.4 is 21.1 Å². The van der Waals surface area contributed by atoms with Gasteiger partial charge in [-0.2, -0.15) is 0 Å². The van der Waals surface area contributed by atoms with Gasteiger partial charge in [-0.25, -0.2) is 9.78 Å². The van der Waals surface area contributed by atoms with Crippen molar-refractivity contribution in [1.29, 1.82) is 5.41 Å². The number of aliphatic hydroxyl groups is 1. The number of ether oxygens (including phenoxy) is 1. The third-order valence-corrected chi connectivity index (χ3v) is 6.23. The Kier molecular flexibility index (Phi) is 9.46. The van der Waals surface area contributed by atoms with Gasteiger partial charge in [-0.3, -0.25) is 15.0 Å². The number of aromatic nitrogens is 1. The zero-order chi connectivity index (χ0) is 30.5. The minimum atomic E-state index is -1.31. The number of rotatable bonds is 10. The molecule has 0 saturated heterocycles. The molecule has 0 aliphatic rings. The number of nitrogens with one attached hydrogen (secondary N) is 3. The van der Waals surface area contributed by atoms with E-state index in [0.29, 0.717) is 11.3 Å². The van der Waals surface area contributed by atoms with Gasteiger partial charge >= 0.3 is 5.97 Å². The Morgan fingerprint density at radius 3 is 2.12 bits per heavy atom. The number of anilines is 1. The number of nitrogens with two attached hydrogens (primary N) is 1. The molecule has 0 spiro atoms. The molecule has 7 N–H and O–H groups in total. The highest BCUT2D eigenvalue weighted by molar-refractivity contribution is 6.10. The Labute approximate surface area is 238 Å². The van der Waals surface area contributed by atoms with Crippen LogP contribution in [0.5, 0.6) is 5.88 Å². The summed E-state index contributed by atoms with van der Waals surface area (Å²) < 4.78 is 5.67. The molecular formula is C30H35N5O6. The maximum absolute atomic E-state index is 13.4. The third-order valence-electron chi connectivity index (χ3n) is 6.23. The van der Waals surface area contributed by atoms with Gasteiger partial charge in [0.2, 0.25) is 5.88 Å². The number of nitrogens with zero attached hydrogens (tertiary/aromatic N) is 1. The Morgan fingerprint density at radius 1 is 0.976 bits per heavy atom. The van der Waals surface area contributed by atoms with E-state index in [2.05, 4.69) is 15.6 Å². The van der Waals surface area contributed by atoms with Gasteiger partial charge in [0.05, 0.1) is 24.3 Å². The molecule has 0 radical (unpaired) electrons. The maximum atomic E-state index is 13.4. The molecule has 11 heteroatoms. The van der Waals surface area contributed by atoms with Gasteiger partial charge in [0.1, 0.15) is 11.5 Å². The van der Waals surface area contributed by atoms with Gasteiger partial charge in [-0.15, -0.1) is 0 Å². The van der Waals surface area contributed by atoms with Crippen LogP contribution in [0.1, 0.15) is 71.4 Å². The summed E-state index contributed by atoms with van der Waals surface area (Å²) in [6, 6.07) is 13.0.